The fraction of sp³-hybridized carbons (Fsp3) is 0.100. The molecule has 0 atom stereocenters. The van der Waals surface area contributed by atoms with Crippen LogP contribution < -0.4 is 5.32 Å². The summed E-state index contributed by atoms with van der Waals surface area (Å²) in [5, 5.41) is 25.7. The van der Waals surface area contributed by atoms with Crippen molar-refractivity contribution in [2.45, 2.75) is 13.3 Å². The van der Waals surface area contributed by atoms with Crippen molar-refractivity contribution >= 4 is 28.3 Å². The maximum Gasteiger partial charge on any atom is 0.269 e. The van der Waals surface area contributed by atoms with Crippen LogP contribution in [-0.4, -0.2) is 9.91 Å². The lowest BCUT2D eigenvalue weighted by molar-refractivity contribution is -0.384. The highest BCUT2D eigenvalue weighted by molar-refractivity contribution is 7.11. The van der Waals surface area contributed by atoms with Crippen molar-refractivity contribution in [3.05, 3.63) is 80.8 Å². The summed E-state index contributed by atoms with van der Waals surface area (Å²) in [6.07, 6.45) is 2.61. The number of benzene rings is 2. The summed E-state index contributed by atoms with van der Waals surface area (Å²) in [5.74, 6) is 0. The highest BCUT2D eigenvalue weighted by Crippen LogP contribution is 2.27. The van der Waals surface area contributed by atoms with E-state index in [-0.39, 0.29) is 5.69 Å². The lowest BCUT2D eigenvalue weighted by atomic mass is 10.1. The molecular formula is C20H16N4O2S. The molecule has 0 unspecified atom stereocenters. The topological polar surface area (TPSA) is 91.8 Å². The normalized spacial score (nSPS) is 11.0. The van der Waals surface area contributed by atoms with Gasteiger partial charge in [-0.15, -0.1) is 11.3 Å². The number of anilines is 1. The van der Waals surface area contributed by atoms with Crippen molar-refractivity contribution < 1.29 is 4.92 Å². The molecule has 6 nitrogen and oxygen atoms in total. The van der Waals surface area contributed by atoms with Gasteiger partial charge in [0.15, 0.2) is 0 Å². The van der Waals surface area contributed by atoms with Gasteiger partial charge in [0.1, 0.15) is 16.6 Å². The van der Waals surface area contributed by atoms with Gasteiger partial charge in [-0.2, -0.15) is 5.26 Å². The molecule has 7 heteroatoms. The van der Waals surface area contributed by atoms with E-state index in [2.05, 4.69) is 23.3 Å². The molecule has 27 heavy (non-hydrogen) atoms. The predicted molar refractivity (Wildman–Crippen MR) is 107 cm³/mol. The zero-order chi connectivity index (χ0) is 19.2. The van der Waals surface area contributed by atoms with Crippen LogP contribution in [0.3, 0.4) is 0 Å². The van der Waals surface area contributed by atoms with Gasteiger partial charge in [0, 0.05) is 35.0 Å². The van der Waals surface area contributed by atoms with E-state index in [1.165, 1.54) is 29.0 Å². The lowest BCUT2D eigenvalue weighted by Gasteiger charge is -2.03. The quantitative estimate of drug-likeness (QED) is 0.360. The first kappa shape index (κ1) is 18.3. The van der Waals surface area contributed by atoms with Gasteiger partial charge < -0.3 is 5.32 Å². The van der Waals surface area contributed by atoms with E-state index in [0.717, 1.165) is 17.7 Å². The zero-order valence-corrected chi connectivity index (χ0v) is 15.4. The van der Waals surface area contributed by atoms with Crippen LogP contribution in [0.15, 0.2) is 60.1 Å². The summed E-state index contributed by atoms with van der Waals surface area (Å²) in [6.45, 7) is 2.10. The SMILES string of the molecule is CCc1ccc(N/C=C(\C#N)c2nc(-c3ccc([N+](=O)[O-])cc3)cs2)cc1. The molecule has 0 spiro atoms. The summed E-state index contributed by atoms with van der Waals surface area (Å²) in [6, 6.07) is 16.4. The Balaban J connectivity index is 1.78. The van der Waals surface area contributed by atoms with Gasteiger partial charge in [-0.25, -0.2) is 4.98 Å². The molecule has 0 aliphatic carbocycles. The van der Waals surface area contributed by atoms with Crippen molar-refractivity contribution in [3.63, 3.8) is 0 Å². The average molecular weight is 376 g/mol. The minimum atomic E-state index is -0.439. The van der Waals surface area contributed by atoms with Crippen molar-refractivity contribution in [2.24, 2.45) is 0 Å². The van der Waals surface area contributed by atoms with Crippen LogP contribution in [0.2, 0.25) is 0 Å². The summed E-state index contributed by atoms with van der Waals surface area (Å²) in [5.41, 5.74) is 4.05. The van der Waals surface area contributed by atoms with Gasteiger partial charge in [0.25, 0.3) is 5.69 Å². The monoisotopic (exact) mass is 376 g/mol. The van der Waals surface area contributed by atoms with Gasteiger partial charge >= 0.3 is 0 Å². The van der Waals surface area contributed by atoms with Gasteiger partial charge in [0.2, 0.25) is 0 Å². The summed E-state index contributed by atoms with van der Waals surface area (Å²) >= 11 is 1.35. The standard InChI is InChI=1S/C20H16N4O2S/c1-2-14-3-7-17(8-4-14)22-12-16(11-21)20-23-19(13-27-20)15-5-9-18(10-6-15)24(25)26/h3-10,12-13,22H,2H2,1H3/b16-12+. The molecular weight excluding hydrogens is 360 g/mol. The molecule has 0 aliphatic heterocycles. The molecule has 3 aromatic rings. The van der Waals surface area contributed by atoms with Crippen LogP contribution in [-0.2, 0) is 6.42 Å². The first-order valence-corrected chi connectivity index (χ1v) is 9.15. The van der Waals surface area contributed by atoms with Crippen LogP contribution >= 0.6 is 11.3 Å². The van der Waals surface area contributed by atoms with Crippen LogP contribution in [0.5, 0.6) is 0 Å². The molecule has 0 aliphatic rings. The third-order valence-electron chi connectivity index (χ3n) is 3.97. The number of hydrogen-bond acceptors (Lipinski definition) is 6. The number of nitro benzene ring substituents is 1. The number of nitrogens with one attached hydrogen (secondary N) is 1. The van der Waals surface area contributed by atoms with E-state index in [1.807, 2.05) is 29.6 Å². The number of thiazole rings is 1. The van der Waals surface area contributed by atoms with Crippen LogP contribution in [0, 0.1) is 21.4 Å². The van der Waals surface area contributed by atoms with Crippen molar-refractivity contribution in [1.29, 1.82) is 5.26 Å². The Kier molecular flexibility index (Phi) is 5.59. The fourth-order valence-corrected chi connectivity index (χ4v) is 3.21. The molecule has 134 valence electrons. The molecule has 1 aromatic heterocycles. The van der Waals surface area contributed by atoms with E-state index >= 15 is 0 Å². The second-order valence-electron chi connectivity index (χ2n) is 5.71. The van der Waals surface area contributed by atoms with E-state index in [0.29, 0.717) is 16.3 Å². The number of non-ortho nitro benzene ring substituents is 1. The number of nitrogens with zero attached hydrogens (tertiary/aromatic N) is 3. The van der Waals surface area contributed by atoms with E-state index in [9.17, 15) is 15.4 Å². The Labute approximate surface area is 160 Å². The van der Waals surface area contributed by atoms with Crippen molar-refractivity contribution in [2.75, 3.05) is 5.32 Å². The largest absolute Gasteiger partial charge is 0.360 e. The third kappa shape index (κ3) is 4.37. The molecule has 0 fully saturated rings. The molecule has 2 aromatic carbocycles. The Morgan fingerprint density at radius 3 is 2.56 bits per heavy atom. The molecule has 1 N–H and O–H groups in total. The minimum absolute atomic E-state index is 0.0325. The third-order valence-corrected chi connectivity index (χ3v) is 4.85. The van der Waals surface area contributed by atoms with Crippen LogP contribution in [0.1, 0.15) is 17.5 Å². The van der Waals surface area contributed by atoms with Gasteiger partial charge in [-0.05, 0) is 36.2 Å². The molecule has 0 bridgehead atoms. The zero-order valence-electron chi connectivity index (χ0n) is 14.5. The number of allylic oxidation sites excluding steroid dienone is 1. The smallest absolute Gasteiger partial charge is 0.269 e. The first-order valence-electron chi connectivity index (χ1n) is 8.27. The number of aryl methyl sites for hydroxylation is 1. The number of hydrogen-bond donors (Lipinski definition) is 1. The van der Waals surface area contributed by atoms with E-state index in [1.54, 1.807) is 18.3 Å². The fourth-order valence-electron chi connectivity index (χ4n) is 2.42. The summed E-state index contributed by atoms with van der Waals surface area (Å²) in [4.78, 5) is 14.8. The lowest BCUT2D eigenvalue weighted by Crippen LogP contribution is -1.91. The van der Waals surface area contributed by atoms with Crippen molar-refractivity contribution in [1.82, 2.24) is 4.98 Å². The molecule has 0 saturated heterocycles. The van der Waals surface area contributed by atoms with Crippen LogP contribution in [0.4, 0.5) is 11.4 Å². The Morgan fingerprint density at radius 1 is 1.26 bits per heavy atom. The van der Waals surface area contributed by atoms with Gasteiger partial charge in [-0.1, -0.05) is 19.1 Å². The van der Waals surface area contributed by atoms with Gasteiger partial charge in [-0.3, -0.25) is 10.1 Å². The second kappa shape index (κ2) is 8.25. The predicted octanol–water partition coefficient (Wildman–Crippen LogP) is 5.26. The molecule has 0 radical (unpaired) electrons. The maximum atomic E-state index is 10.7. The molecule has 1 heterocycles. The number of aromatic nitrogens is 1. The molecule has 0 saturated carbocycles. The van der Waals surface area contributed by atoms with E-state index < -0.39 is 4.92 Å². The molecule has 3 rings (SSSR count). The minimum Gasteiger partial charge on any atom is -0.360 e. The number of nitriles is 1. The Morgan fingerprint density at radius 2 is 1.96 bits per heavy atom. The maximum absolute atomic E-state index is 10.7. The van der Waals surface area contributed by atoms with Gasteiger partial charge in [0.05, 0.1) is 10.6 Å². The summed E-state index contributed by atoms with van der Waals surface area (Å²) in [7, 11) is 0. The van der Waals surface area contributed by atoms with E-state index in [4.69, 9.17) is 0 Å². The highest BCUT2D eigenvalue weighted by Gasteiger charge is 2.11. The number of nitro groups is 1. The Hall–Kier alpha value is -3.50. The summed E-state index contributed by atoms with van der Waals surface area (Å²) < 4.78 is 0. The van der Waals surface area contributed by atoms with Crippen LogP contribution in [0.25, 0.3) is 16.8 Å². The van der Waals surface area contributed by atoms with Crippen molar-refractivity contribution in [3.8, 4) is 17.3 Å². The first-order chi connectivity index (χ1) is 13.1. The highest BCUT2D eigenvalue weighted by atomic mass is 32.1. The Bertz CT molecular complexity index is 1020. The average Bonchev–Trinajstić information content (AvgIpc) is 3.19. The number of rotatable bonds is 6. The second-order valence-corrected chi connectivity index (χ2v) is 6.56. The molecule has 0 amide bonds.